The van der Waals surface area contributed by atoms with E-state index in [1.807, 2.05) is 25.1 Å². The highest BCUT2D eigenvalue weighted by Gasteiger charge is 2.07. The molecule has 2 aromatic rings. The second-order valence-electron chi connectivity index (χ2n) is 3.86. The third kappa shape index (κ3) is 2.87. The number of H-pyrrole nitrogens is 1. The third-order valence-electron chi connectivity index (χ3n) is 2.47. The van der Waals surface area contributed by atoms with Crippen LogP contribution in [0.15, 0.2) is 45.8 Å². The molecule has 5 heteroatoms. The Morgan fingerprint density at radius 2 is 2.06 bits per heavy atom. The zero-order valence-corrected chi connectivity index (χ0v) is 11.2. The molecule has 1 heterocycles. The lowest BCUT2D eigenvalue weighted by molar-refractivity contribution is 0.102. The van der Waals surface area contributed by atoms with Crippen molar-refractivity contribution in [3.63, 3.8) is 0 Å². The van der Waals surface area contributed by atoms with Gasteiger partial charge in [-0.15, -0.1) is 0 Å². The van der Waals surface area contributed by atoms with E-state index in [9.17, 15) is 9.59 Å². The zero-order chi connectivity index (χ0) is 13.1. The Hall–Kier alpha value is -1.88. The first-order chi connectivity index (χ1) is 8.56. The minimum atomic E-state index is -0.308. The second kappa shape index (κ2) is 5.18. The molecule has 0 fully saturated rings. The molecule has 0 saturated heterocycles. The van der Waals surface area contributed by atoms with Crippen molar-refractivity contribution in [2.45, 2.75) is 6.92 Å². The summed E-state index contributed by atoms with van der Waals surface area (Å²) in [5.41, 5.74) is 1.80. The second-order valence-corrected chi connectivity index (χ2v) is 4.71. The quantitative estimate of drug-likeness (QED) is 0.896. The molecule has 18 heavy (non-hydrogen) atoms. The molecule has 1 aromatic carbocycles. The van der Waals surface area contributed by atoms with Gasteiger partial charge in [-0.2, -0.15) is 0 Å². The van der Waals surface area contributed by atoms with Crippen molar-refractivity contribution in [2.75, 3.05) is 5.32 Å². The molecule has 1 aromatic heterocycles. The number of aryl methyl sites for hydroxylation is 1. The largest absolute Gasteiger partial charge is 0.329 e. The van der Waals surface area contributed by atoms with Crippen molar-refractivity contribution in [1.29, 1.82) is 0 Å². The molecule has 4 nitrogen and oxygen atoms in total. The zero-order valence-electron chi connectivity index (χ0n) is 9.66. The maximum atomic E-state index is 11.9. The number of amides is 1. The van der Waals surface area contributed by atoms with Crippen molar-refractivity contribution in [3.05, 3.63) is 62.5 Å². The van der Waals surface area contributed by atoms with E-state index in [1.54, 1.807) is 6.07 Å². The van der Waals surface area contributed by atoms with Gasteiger partial charge in [-0.05, 0) is 30.7 Å². The van der Waals surface area contributed by atoms with E-state index in [-0.39, 0.29) is 11.5 Å². The lowest BCUT2D eigenvalue weighted by Crippen LogP contribution is -2.15. The van der Waals surface area contributed by atoms with Gasteiger partial charge in [0.2, 0.25) is 5.56 Å². The SMILES string of the molecule is Cc1ccc(NC(=O)c2cc[nH]c(=O)c2)cc1Br. The highest BCUT2D eigenvalue weighted by Crippen LogP contribution is 2.20. The number of benzene rings is 1. The van der Waals surface area contributed by atoms with Crippen molar-refractivity contribution in [2.24, 2.45) is 0 Å². The van der Waals surface area contributed by atoms with E-state index in [0.29, 0.717) is 11.3 Å². The van der Waals surface area contributed by atoms with Crippen LogP contribution in [0.2, 0.25) is 0 Å². The minimum Gasteiger partial charge on any atom is -0.329 e. The van der Waals surface area contributed by atoms with Gasteiger partial charge in [0.15, 0.2) is 0 Å². The van der Waals surface area contributed by atoms with Gasteiger partial charge >= 0.3 is 0 Å². The van der Waals surface area contributed by atoms with Gasteiger partial charge in [0.05, 0.1) is 0 Å². The van der Waals surface area contributed by atoms with Crippen LogP contribution in [-0.2, 0) is 0 Å². The molecule has 0 radical (unpaired) electrons. The monoisotopic (exact) mass is 306 g/mol. The topological polar surface area (TPSA) is 62.0 Å². The number of hydrogen-bond acceptors (Lipinski definition) is 2. The first-order valence-corrected chi connectivity index (χ1v) is 6.12. The Morgan fingerprint density at radius 3 is 2.72 bits per heavy atom. The molecule has 0 atom stereocenters. The molecule has 0 aliphatic carbocycles. The van der Waals surface area contributed by atoms with E-state index >= 15 is 0 Å². The van der Waals surface area contributed by atoms with Crippen LogP contribution in [0.25, 0.3) is 0 Å². The molecular formula is C13H11BrN2O2. The molecule has 0 unspecified atom stereocenters. The van der Waals surface area contributed by atoms with Gasteiger partial charge < -0.3 is 10.3 Å². The summed E-state index contributed by atoms with van der Waals surface area (Å²) >= 11 is 3.40. The molecule has 0 saturated carbocycles. The number of nitrogens with one attached hydrogen (secondary N) is 2. The molecular weight excluding hydrogens is 296 g/mol. The molecule has 0 aliphatic rings. The van der Waals surface area contributed by atoms with Gasteiger partial charge in [0, 0.05) is 28.0 Å². The summed E-state index contributed by atoms with van der Waals surface area (Å²) in [6.45, 7) is 1.96. The summed E-state index contributed by atoms with van der Waals surface area (Å²) in [6.07, 6.45) is 1.45. The number of aromatic nitrogens is 1. The van der Waals surface area contributed by atoms with Crippen LogP contribution in [0.5, 0.6) is 0 Å². The summed E-state index contributed by atoms with van der Waals surface area (Å²) in [6, 6.07) is 8.35. The summed E-state index contributed by atoms with van der Waals surface area (Å²) < 4.78 is 0.922. The average molecular weight is 307 g/mol. The number of hydrogen-bond donors (Lipinski definition) is 2. The smallest absolute Gasteiger partial charge is 0.255 e. The number of aromatic amines is 1. The third-order valence-corrected chi connectivity index (χ3v) is 3.32. The molecule has 0 aliphatic heterocycles. The van der Waals surface area contributed by atoms with E-state index in [4.69, 9.17) is 0 Å². The van der Waals surface area contributed by atoms with E-state index in [0.717, 1.165) is 10.0 Å². The number of anilines is 1. The van der Waals surface area contributed by atoms with Crippen molar-refractivity contribution in [3.8, 4) is 0 Å². The van der Waals surface area contributed by atoms with Crippen LogP contribution in [0.3, 0.4) is 0 Å². The van der Waals surface area contributed by atoms with E-state index < -0.39 is 0 Å². The molecule has 2 rings (SSSR count). The Morgan fingerprint density at radius 1 is 1.28 bits per heavy atom. The van der Waals surface area contributed by atoms with Gasteiger partial charge in [0.25, 0.3) is 5.91 Å². The lowest BCUT2D eigenvalue weighted by atomic mass is 10.2. The number of pyridine rings is 1. The van der Waals surface area contributed by atoms with E-state index in [1.165, 1.54) is 12.3 Å². The summed E-state index contributed by atoms with van der Waals surface area (Å²) in [4.78, 5) is 25.5. The average Bonchev–Trinajstić information content (AvgIpc) is 2.34. The van der Waals surface area contributed by atoms with Gasteiger partial charge in [-0.3, -0.25) is 9.59 Å². The number of halogens is 1. The lowest BCUT2D eigenvalue weighted by Gasteiger charge is -2.06. The predicted octanol–water partition coefficient (Wildman–Crippen LogP) is 2.70. The van der Waals surface area contributed by atoms with E-state index in [2.05, 4.69) is 26.2 Å². The maximum Gasteiger partial charge on any atom is 0.255 e. The van der Waals surface area contributed by atoms with Gasteiger partial charge in [0.1, 0.15) is 0 Å². The number of carbonyl (C=O) groups is 1. The summed E-state index contributed by atoms with van der Waals surface area (Å²) in [7, 11) is 0. The van der Waals surface area contributed by atoms with Gasteiger partial charge in [-0.1, -0.05) is 22.0 Å². The first kappa shape index (κ1) is 12.6. The van der Waals surface area contributed by atoms with Crippen LogP contribution in [0, 0.1) is 6.92 Å². The standard InChI is InChI=1S/C13H11BrN2O2/c1-8-2-3-10(7-11(8)14)16-13(18)9-4-5-15-12(17)6-9/h2-7H,1H3,(H,15,17)(H,16,18). The highest BCUT2D eigenvalue weighted by molar-refractivity contribution is 9.10. The van der Waals surface area contributed by atoms with Crippen LogP contribution in [0.1, 0.15) is 15.9 Å². The fourth-order valence-corrected chi connectivity index (χ4v) is 1.84. The molecule has 0 bridgehead atoms. The fourth-order valence-electron chi connectivity index (χ4n) is 1.46. The number of rotatable bonds is 2. The van der Waals surface area contributed by atoms with Crippen LogP contribution >= 0.6 is 15.9 Å². The Balaban J connectivity index is 2.21. The first-order valence-electron chi connectivity index (χ1n) is 5.32. The Labute approximate surface area is 112 Å². The molecule has 92 valence electrons. The Kier molecular flexibility index (Phi) is 3.62. The van der Waals surface area contributed by atoms with Gasteiger partial charge in [-0.25, -0.2) is 0 Å². The molecule has 0 spiro atoms. The van der Waals surface area contributed by atoms with Crippen molar-refractivity contribution >= 4 is 27.5 Å². The highest BCUT2D eigenvalue weighted by atomic mass is 79.9. The normalized spacial score (nSPS) is 10.1. The Bertz CT molecular complexity index is 649. The van der Waals surface area contributed by atoms with Crippen LogP contribution in [0.4, 0.5) is 5.69 Å². The fraction of sp³-hybridized carbons (Fsp3) is 0.0769. The molecule has 2 N–H and O–H groups in total. The summed E-state index contributed by atoms with van der Waals surface area (Å²) in [5, 5.41) is 2.73. The predicted molar refractivity (Wildman–Crippen MR) is 73.9 cm³/mol. The minimum absolute atomic E-state index is 0.298. The summed E-state index contributed by atoms with van der Waals surface area (Å²) in [5.74, 6) is -0.308. The number of carbonyl (C=O) groups excluding carboxylic acids is 1. The van der Waals surface area contributed by atoms with Crippen LogP contribution in [-0.4, -0.2) is 10.9 Å². The van der Waals surface area contributed by atoms with Crippen molar-refractivity contribution < 1.29 is 4.79 Å². The maximum absolute atomic E-state index is 11.9. The van der Waals surface area contributed by atoms with Crippen molar-refractivity contribution in [1.82, 2.24) is 4.98 Å². The molecule has 1 amide bonds. The van der Waals surface area contributed by atoms with Crippen LogP contribution < -0.4 is 10.9 Å².